The van der Waals surface area contributed by atoms with Crippen LogP contribution in [0, 0.1) is 20.8 Å². The summed E-state index contributed by atoms with van der Waals surface area (Å²) in [6.07, 6.45) is 0.384. The zero-order valence-electron chi connectivity index (χ0n) is 22.3. The molecule has 3 aromatic heterocycles. The summed E-state index contributed by atoms with van der Waals surface area (Å²) < 4.78 is 37.6. The van der Waals surface area contributed by atoms with Crippen molar-refractivity contribution < 1.29 is 18.0 Å². The SMILES string of the molecule is Cc1ccc(Nc2nc(-c3sc(C)nc3C)cs2)nc1.O=CN1[C@@H]2CC[C@H]1CN(c1ccc(C(F)(F)F)cc1)C2. The predicted octanol–water partition coefficient (Wildman–Crippen LogP) is 6.85. The second-order valence-electron chi connectivity index (χ2n) is 9.92. The van der Waals surface area contributed by atoms with E-state index in [1.54, 1.807) is 22.7 Å². The molecule has 5 heterocycles. The number of fused-ring (bicyclic) bond motifs is 2. The van der Waals surface area contributed by atoms with Gasteiger partial charge in [0.1, 0.15) is 5.82 Å². The molecule has 1 aromatic carbocycles. The number of nitrogens with one attached hydrogen (secondary N) is 1. The van der Waals surface area contributed by atoms with Crippen molar-refractivity contribution in [2.24, 2.45) is 0 Å². The highest BCUT2D eigenvalue weighted by atomic mass is 32.1. The Kier molecular flexibility index (Phi) is 8.09. The van der Waals surface area contributed by atoms with Crippen LogP contribution in [0.15, 0.2) is 48.0 Å². The van der Waals surface area contributed by atoms with Crippen LogP contribution >= 0.6 is 22.7 Å². The minimum atomic E-state index is -4.30. The summed E-state index contributed by atoms with van der Waals surface area (Å²) in [5, 5.41) is 7.20. The van der Waals surface area contributed by atoms with Crippen molar-refractivity contribution in [3.63, 3.8) is 0 Å². The van der Waals surface area contributed by atoms with E-state index in [9.17, 15) is 18.0 Å². The number of aromatic nitrogens is 3. The number of hydrogen-bond acceptors (Lipinski definition) is 8. The van der Waals surface area contributed by atoms with Gasteiger partial charge in [0.15, 0.2) is 5.13 Å². The largest absolute Gasteiger partial charge is 0.416 e. The number of alkyl halides is 3. The Hall–Kier alpha value is -3.51. The Labute approximate surface area is 238 Å². The molecular formula is C28H29F3N6OS2. The maximum absolute atomic E-state index is 12.5. The number of thiazole rings is 2. The average Bonchev–Trinajstić information content (AvgIpc) is 3.59. The fourth-order valence-corrected chi connectivity index (χ4v) is 6.70. The van der Waals surface area contributed by atoms with Crippen LogP contribution in [0.1, 0.15) is 34.7 Å². The molecule has 12 heteroatoms. The molecule has 2 bridgehead atoms. The van der Waals surface area contributed by atoms with Crippen molar-refractivity contribution in [2.75, 3.05) is 23.3 Å². The fourth-order valence-electron chi connectivity index (χ4n) is 5.04. The lowest BCUT2D eigenvalue weighted by molar-refractivity contribution is -0.137. The van der Waals surface area contributed by atoms with E-state index in [0.29, 0.717) is 13.1 Å². The molecule has 2 atom stereocenters. The highest BCUT2D eigenvalue weighted by Crippen LogP contribution is 2.35. The third-order valence-corrected chi connectivity index (χ3v) is 8.86. The number of benzene rings is 1. The molecule has 0 aliphatic carbocycles. The lowest BCUT2D eigenvalue weighted by atomic mass is 10.1. The van der Waals surface area contributed by atoms with Gasteiger partial charge >= 0.3 is 6.18 Å². The van der Waals surface area contributed by atoms with Crippen LogP contribution in [-0.2, 0) is 11.0 Å². The zero-order chi connectivity index (χ0) is 28.4. The minimum absolute atomic E-state index is 0.188. The third kappa shape index (κ3) is 6.28. The second-order valence-corrected chi connectivity index (χ2v) is 12.0. The van der Waals surface area contributed by atoms with E-state index in [1.165, 1.54) is 12.1 Å². The van der Waals surface area contributed by atoms with E-state index in [-0.39, 0.29) is 12.1 Å². The monoisotopic (exact) mass is 586 g/mol. The molecule has 210 valence electrons. The minimum Gasteiger partial charge on any atom is -0.367 e. The first-order valence-corrected chi connectivity index (χ1v) is 14.5. The van der Waals surface area contributed by atoms with Crippen LogP contribution in [0.3, 0.4) is 0 Å². The first kappa shape index (κ1) is 28.0. The molecule has 0 radical (unpaired) electrons. The van der Waals surface area contributed by atoms with Crippen molar-refractivity contribution in [2.45, 2.75) is 51.9 Å². The quantitative estimate of drug-likeness (QED) is 0.258. The van der Waals surface area contributed by atoms with Gasteiger partial charge in [0.25, 0.3) is 0 Å². The third-order valence-electron chi connectivity index (χ3n) is 7.01. The van der Waals surface area contributed by atoms with E-state index in [4.69, 9.17) is 0 Å². The van der Waals surface area contributed by atoms with Gasteiger partial charge in [-0.3, -0.25) is 4.79 Å². The number of amides is 1. The molecule has 2 aliphatic rings. The number of carbonyl (C=O) groups excluding carboxylic acids is 1. The van der Waals surface area contributed by atoms with Crippen LogP contribution in [0.2, 0.25) is 0 Å². The van der Waals surface area contributed by atoms with Gasteiger partial charge in [0, 0.05) is 42.4 Å². The van der Waals surface area contributed by atoms with E-state index in [0.717, 1.165) is 74.9 Å². The summed E-state index contributed by atoms with van der Waals surface area (Å²) in [6, 6.07) is 9.62. The summed E-state index contributed by atoms with van der Waals surface area (Å²) in [5.41, 5.74) is 3.33. The van der Waals surface area contributed by atoms with E-state index >= 15 is 0 Å². The molecule has 1 amide bonds. The highest BCUT2D eigenvalue weighted by molar-refractivity contribution is 7.16. The molecule has 7 nitrogen and oxygen atoms in total. The maximum Gasteiger partial charge on any atom is 0.416 e. The molecule has 0 saturated carbocycles. The van der Waals surface area contributed by atoms with Crippen molar-refractivity contribution >= 4 is 45.7 Å². The van der Waals surface area contributed by atoms with Crippen molar-refractivity contribution in [1.29, 1.82) is 0 Å². The van der Waals surface area contributed by atoms with Gasteiger partial charge in [-0.2, -0.15) is 13.2 Å². The molecule has 4 aromatic rings. The molecular weight excluding hydrogens is 557 g/mol. The van der Waals surface area contributed by atoms with Gasteiger partial charge in [0.05, 0.1) is 26.8 Å². The Balaban J connectivity index is 0.000000161. The number of nitrogens with zero attached hydrogens (tertiary/aromatic N) is 5. The van der Waals surface area contributed by atoms with E-state index in [1.807, 2.05) is 44.0 Å². The molecule has 1 N–H and O–H groups in total. The first-order valence-electron chi connectivity index (χ1n) is 12.9. The second kappa shape index (κ2) is 11.5. The Bertz CT molecular complexity index is 1440. The normalized spacial score (nSPS) is 18.4. The molecule has 0 unspecified atom stereocenters. The van der Waals surface area contributed by atoms with Gasteiger partial charge in [0.2, 0.25) is 6.41 Å². The molecule has 2 fully saturated rings. The van der Waals surface area contributed by atoms with E-state index < -0.39 is 11.7 Å². The summed E-state index contributed by atoms with van der Waals surface area (Å²) >= 11 is 3.26. The van der Waals surface area contributed by atoms with Crippen LogP contribution in [0.5, 0.6) is 0 Å². The van der Waals surface area contributed by atoms with Crippen molar-refractivity contribution in [3.05, 3.63) is 69.8 Å². The van der Waals surface area contributed by atoms with Gasteiger partial charge in [-0.25, -0.2) is 15.0 Å². The molecule has 2 saturated heterocycles. The summed E-state index contributed by atoms with van der Waals surface area (Å²) in [4.78, 5) is 29.4. The van der Waals surface area contributed by atoms with E-state index in [2.05, 4.69) is 30.5 Å². The van der Waals surface area contributed by atoms with Gasteiger partial charge in [-0.05, 0) is 69.5 Å². The Morgan fingerprint density at radius 2 is 1.70 bits per heavy atom. The zero-order valence-corrected chi connectivity index (χ0v) is 23.9. The standard InChI is InChI=1S/C14H15F3N2O.C14H14N4S2/c15-14(16,17)10-1-3-11(4-2-10)18-7-12-5-6-13(8-18)19(12)9-20;1-8-4-5-12(15-6-8)18-14-17-11(7-19-14)13-9(2)16-10(3)20-13/h1-4,9,12-13H,5-8H2;4-7H,1-3H3,(H,15,17,18)/t12-,13+;. The van der Waals surface area contributed by atoms with Gasteiger partial charge in [-0.1, -0.05) is 6.07 Å². The highest BCUT2D eigenvalue weighted by Gasteiger charge is 2.39. The Morgan fingerprint density at radius 3 is 2.25 bits per heavy atom. The lowest BCUT2D eigenvalue weighted by Crippen LogP contribution is -2.53. The maximum atomic E-state index is 12.5. The fraction of sp³-hybridized carbons (Fsp3) is 0.357. The number of hydrogen-bond donors (Lipinski definition) is 1. The summed E-state index contributed by atoms with van der Waals surface area (Å²) in [7, 11) is 0. The van der Waals surface area contributed by atoms with Crippen molar-refractivity contribution in [1.82, 2.24) is 19.9 Å². The molecule has 6 rings (SSSR count). The number of rotatable bonds is 5. The van der Waals surface area contributed by atoms with Crippen LogP contribution < -0.4 is 10.2 Å². The molecule has 0 spiro atoms. The number of piperazine rings is 1. The topological polar surface area (TPSA) is 74.2 Å². The van der Waals surface area contributed by atoms with Crippen molar-refractivity contribution in [3.8, 4) is 10.6 Å². The lowest BCUT2D eigenvalue weighted by Gasteiger charge is -2.40. The number of carbonyl (C=O) groups is 1. The molecule has 40 heavy (non-hydrogen) atoms. The average molecular weight is 587 g/mol. The number of anilines is 3. The predicted molar refractivity (Wildman–Crippen MR) is 153 cm³/mol. The summed E-state index contributed by atoms with van der Waals surface area (Å²) in [5.74, 6) is 0.814. The first-order chi connectivity index (χ1) is 19.1. The number of pyridine rings is 1. The number of halogens is 3. The van der Waals surface area contributed by atoms with Crippen LogP contribution in [0.25, 0.3) is 10.6 Å². The number of aryl methyl sites for hydroxylation is 3. The molecule has 2 aliphatic heterocycles. The summed E-state index contributed by atoms with van der Waals surface area (Å²) in [6.45, 7) is 7.45. The van der Waals surface area contributed by atoms with Crippen LogP contribution in [-0.4, -0.2) is 51.4 Å². The smallest absolute Gasteiger partial charge is 0.367 e. The van der Waals surface area contributed by atoms with Gasteiger partial charge < -0.3 is 15.1 Å². The Morgan fingerprint density at radius 1 is 1.00 bits per heavy atom. The van der Waals surface area contributed by atoms with Gasteiger partial charge in [-0.15, -0.1) is 22.7 Å². The van der Waals surface area contributed by atoms with Crippen LogP contribution in [0.4, 0.5) is 29.8 Å².